The highest BCUT2D eigenvalue weighted by molar-refractivity contribution is 6.39. The third kappa shape index (κ3) is 5.16. The van der Waals surface area contributed by atoms with Gasteiger partial charge in [-0.3, -0.25) is 9.59 Å². The van der Waals surface area contributed by atoms with Crippen molar-refractivity contribution >= 4 is 46.9 Å². The molecule has 160 valence electrons. The predicted octanol–water partition coefficient (Wildman–Crippen LogP) is 5.11. The van der Waals surface area contributed by atoms with E-state index in [0.717, 1.165) is 33.8 Å². The third-order valence-corrected chi connectivity index (χ3v) is 5.39. The number of nitrogens with one attached hydrogen (secondary N) is 2. The first kappa shape index (κ1) is 22.6. The number of carbonyl (C=O) groups is 2. The molecule has 0 bridgehead atoms. The van der Waals surface area contributed by atoms with Gasteiger partial charge in [0, 0.05) is 27.7 Å². The third-order valence-electron chi connectivity index (χ3n) is 4.84. The molecule has 8 heteroatoms. The fourth-order valence-corrected chi connectivity index (χ4v) is 3.58. The van der Waals surface area contributed by atoms with E-state index >= 15 is 0 Å². The van der Waals surface area contributed by atoms with Crippen LogP contribution in [0.15, 0.2) is 47.6 Å². The van der Waals surface area contributed by atoms with Crippen molar-refractivity contribution in [1.82, 2.24) is 9.99 Å². The number of carbonyl (C=O) groups excluding carboxylic acids is 2. The number of halogens is 2. The molecule has 0 saturated carbocycles. The summed E-state index contributed by atoms with van der Waals surface area (Å²) in [5.41, 5.74) is 7.99. The molecular formula is C23H22Cl2N4O2. The van der Waals surface area contributed by atoms with Crippen LogP contribution in [-0.4, -0.2) is 22.6 Å². The normalized spacial score (nSPS) is 11.0. The van der Waals surface area contributed by atoms with Gasteiger partial charge in [-0.25, -0.2) is 5.43 Å². The molecule has 0 unspecified atom stereocenters. The average molecular weight is 457 g/mol. The predicted molar refractivity (Wildman–Crippen MR) is 126 cm³/mol. The standard InChI is InChI=1S/C23H22Cl2N4O2/c1-13-5-6-14(2)20(9-13)27-22(30)23(31)28-26-12-17-10-15(3)29(16(17)4)21-11-18(24)7-8-19(21)25/h5-12H,1-4H3,(H,27,30)(H,28,31)/b26-12-. The van der Waals surface area contributed by atoms with E-state index in [4.69, 9.17) is 23.2 Å². The van der Waals surface area contributed by atoms with E-state index in [1.165, 1.54) is 6.21 Å². The molecule has 6 nitrogen and oxygen atoms in total. The monoisotopic (exact) mass is 456 g/mol. The minimum atomic E-state index is -0.858. The number of hydrogen-bond acceptors (Lipinski definition) is 3. The lowest BCUT2D eigenvalue weighted by molar-refractivity contribution is -0.136. The van der Waals surface area contributed by atoms with E-state index in [0.29, 0.717) is 15.7 Å². The van der Waals surface area contributed by atoms with E-state index < -0.39 is 11.8 Å². The number of rotatable bonds is 4. The fraction of sp³-hybridized carbons (Fsp3) is 0.174. The largest absolute Gasteiger partial charge is 0.329 e. The summed E-state index contributed by atoms with van der Waals surface area (Å²) in [4.78, 5) is 24.3. The van der Waals surface area contributed by atoms with Crippen molar-refractivity contribution in [2.24, 2.45) is 5.10 Å². The van der Waals surface area contributed by atoms with Gasteiger partial charge >= 0.3 is 11.8 Å². The molecule has 31 heavy (non-hydrogen) atoms. The molecular weight excluding hydrogens is 435 g/mol. The summed E-state index contributed by atoms with van der Waals surface area (Å²) in [5, 5.41) is 7.67. The lowest BCUT2D eigenvalue weighted by Gasteiger charge is -2.12. The molecule has 1 heterocycles. The number of hydrazone groups is 1. The Kier molecular flexibility index (Phi) is 6.83. The van der Waals surface area contributed by atoms with Gasteiger partial charge in [-0.15, -0.1) is 0 Å². The van der Waals surface area contributed by atoms with Crippen LogP contribution in [0.3, 0.4) is 0 Å². The second-order valence-electron chi connectivity index (χ2n) is 7.23. The Morgan fingerprint density at radius 2 is 1.71 bits per heavy atom. The summed E-state index contributed by atoms with van der Waals surface area (Å²) >= 11 is 12.5. The summed E-state index contributed by atoms with van der Waals surface area (Å²) in [5.74, 6) is -1.65. The molecule has 0 fully saturated rings. The topological polar surface area (TPSA) is 75.5 Å². The molecule has 1 aromatic heterocycles. The molecule has 2 aromatic carbocycles. The van der Waals surface area contributed by atoms with Gasteiger partial charge in [0.25, 0.3) is 0 Å². The lowest BCUT2D eigenvalue weighted by Crippen LogP contribution is -2.32. The van der Waals surface area contributed by atoms with Gasteiger partial charge in [0.1, 0.15) is 0 Å². The molecule has 3 rings (SSSR count). The van der Waals surface area contributed by atoms with Crippen molar-refractivity contribution in [3.8, 4) is 5.69 Å². The van der Waals surface area contributed by atoms with E-state index in [1.807, 2.05) is 50.5 Å². The summed E-state index contributed by atoms with van der Waals surface area (Å²) < 4.78 is 1.95. The molecule has 0 radical (unpaired) electrons. The van der Waals surface area contributed by atoms with Gasteiger partial charge in [0.15, 0.2) is 0 Å². The van der Waals surface area contributed by atoms with Crippen LogP contribution >= 0.6 is 23.2 Å². The Morgan fingerprint density at radius 3 is 2.45 bits per heavy atom. The van der Waals surface area contributed by atoms with Crippen LogP contribution in [0.2, 0.25) is 10.0 Å². The number of hydrogen-bond donors (Lipinski definition) is 2. The smallest absolute Gasteiger partial charge is 0.317 e. The maximum atomic E-state index is 12.2. The van der Waals surface area contributed by atoms with Crippen molar-refractivity contribution in [3.05, 3.63) is 80.6 Å². The van der Waals surface area contributed by atoms with Gasteiger partial charge < -0.3 is 9.88 Å². The quantitative estimate of drug-likeness (QED) is 0.325. The van der Waals surface area contributed by atoms with Gasteiger partial charge in [-0.05, 0) is 69.2 Å². The molecule has 0 aliphatic carbocycles. The average Bonchev–Trinajstić information content (AvgIpc) is 2.99. The van der Waals surface area contributed by atoms with Crippen LogP contribution in [0.5, 0.6) is 0 Å². The van der Waals surface area contributed by atoms with E-state index in [-0.39, 0.29) is 0 Å². The Labute approximate surface area is 190 Å². The molecule has 3 aromatic rings. The number of benzene rings is 2. The number of aromatic nitrogens is 1. The highest BCUT2D eigenvalue weighted by atomic mass is 35.5. The highest BCUT2D eigenvalue weighted by Crippen LogP contribution is 2.28. The molecule has 0 spiro atoms. The number of aryl methyl sites for hydroxylation is 3. The summed E-state index contributed by atoms with van der Waals surface area (Å²) in [7, 11) is 0. The first-order valence-corrected chi connectivity index (χ1v) is 10.3. The SMILES string of the molecule is Cc1ccc(C)c(NC(=O)C(=O)N/N=C\c2cc(C)n(-c3cc(Cl)ccc3Cl)c2C)c1. The van der Waals surface area contributed by atoms with Crippen molar-refractivity contribution in [2.75, 3.05) is 5.32 Å². The van der Waals surface area contributed by atoms with Crippen LogP contribution in [0, 0.1) is 27.7 Å². The zero-order valence-electron chi connectivity index (χ0n) is 17.6. The highest BCUT2D eigenvalue weighted by Gasteiger charge is 2.15. The molecule has 0 aliphatic heterocycles. The zero-order valence-corrected chi connectivity index (χ0v) is 19.1. The second-order valence-corrected chi connectivity index (χ2v) is 8.07. The Bertz CT molecular complexity index is 1200. The van der Waals surface area contributed by atoms with Crippen LogP contribution in [0.4, 0.5) is 5.69 Å². The van der Waals surface area contributed by atoms with Crippen molar-refractivity contribution < 1.29 is 9.59 Å². The molecule has 0 aliphatic rings. The number of anilines is 1. The molecule has 0 saturated heterocycles. The maximum Gasteiger partial charge on any atom is 0.329 e. The Hall–Kier alpha value is -3.09. The molecule has 2 amide bonds. The van der Waals surface area contributed by atoms with Gasteiger partial charge in [0.05, 0.1) is 16.9 Å². The molecule has 0 atom stereocenters. The first-order valence-electron chi connectivity index (χ1n) is 9.53. The first-order chi connectivity index (χ1) is 14.7. The van der Waals surface area contributed by atoms with Crippen LogP contribution < -0.4 is 10.7 Å². The van der Waals surface area contributed by atoms with Crippen LogP contribution in [-0.2, 0) is 9.59 Å². The van der Waals surface area contributed by atoms with Gasteiger partial charge in [-0.1, -0.05) is 35.3 Å². The summed E-state index contributed by atoms with van der Waals surface area (Å²) in [6.07, 6.45) is 1.49. The number of nitrogens with zero attached hydrogens (tertiary/aromatic N) is 2. The fourth-order valence-electron chi connectivity index (χ4n) is 3.21. The lowest BCUT2D eigenvalue weighted by atomic mass is 10.1. The Morgan fingerprint density at radius 1 is 0.968 bits per heavy atom. The van der Waals surface area contributed by atoms with E-state index in [2.05, 4.69) is 15.8 Å². The van der Waals surface area contributed by atoms with Gasteiger partial charge in [0.2, 0.25) is 0 Å². The number of amides is 2. The van der Waals surface area contributed by atoms with E-state index in [9.17, 15) is 9.59 Å². The van der Waals surface area contributed by atoms with Crippen LogP contribution in [0.25, 0.3) is 5.69 Å². The summed E-state index contributed by atoms with van der Waals surface area (Å²) in [6.45, 7) is 7.60. The minimum Gasteiger partial charge on any atom is -0.317 e. The van der Waals surface area contributed by atoms with E-state index in [1.54, 1.807) is 24.3 Å². The second kappa shape index (κ2) is 9.37. The zero-order chi connectivity index (χ0) is 22.7. The molecule has 2 N–H and O–H groups in total. The van der Waals surface area contributed by atoms with Crippen molar-refractivity contribution in [3.63, 3.8) is 0 Å². The van der Waals surface area contributed by atoms with Crippen molar-refractivity contribution in [2.45, 2.75) is 27.7 Å². The minimum absolute atomic E-state index is 0.561. The maximum absolute atomic E-state index is 12.2. The Balaban J connectivity index is 1.72. The summed E-state index contributed by atoms with van der Waals surface area (Å²) in [6, 6.07) is 12.8. The van der Waals surface area contributed by atoms with Crippen LogP contribution in [0.1, 0.15) is 28.1 Å². The van der Waals surface area contributed by atoms with Gasteiger partial charge in [-0.2, -0.15) is 5.10 Å². The van der Waals surface area contributed by atoms with Crippen molar-refractivity contribution in [1.29, 1.82) is 0 Å².